The molecule has 0 aliphatic heterocycles. The fraction of sp³-hybridized carbons (Fsp3) is 0.737. The highest BCUT2D eigenvalue weighted by atomic mass is 35.5. The first-order valence-corrected chi connectivity index (χ1v) is 12.0. The Balaban J connectivity index is 5.44. The molecule has 0 heterocycles. The molecule has 0 fully saturated rings. The second-order valence-electron chi connectivity index (χ2n) is 6.56. The molecular formula is C19H35ClO3Si. The van der Waals surface area contributed by atoms with Gasteiger partial charge in [0.25, 0.3) is 0 Å². The van der Waals surface area contributed by atoms with Crippen molar-refractivity contribution < 1.29 is 14.0 Å². The first kappa shape index (κ1) is 23.4. The molecule has 0 unspecified atom stereocenters. The summed E-state index contributed by atoms with van der Waals surface area (Å²) in [7, 11) is -1.76. The molecule has 0 aliphatic rings. The fourth-order valence-corrected chi connectivity index (χ4v) is 6.10. The quantitative estimate of drug-likeness (QED) is 0.256. The zero-order valence-electron chi connectivity index (χ0n) is 16.3. The van der Waals surface area contributed by atoms with E-state index in [1.165, 1.54) is 12.5 Å². The molecule has 0 aromatic heterocycles. The molecule has 0 aromatic carbocycles. The van der Waals surface area contributed by atoms with Crippen molar-refractivity contribution in [2.45, 2.75) is 78.8 Å². The first-order chi connectivity index (χ1) is 11.3. The van der Waals surface area contributed by atoms with Gasteiger partial charge in [0, 0.05) is 18.4 Å². The monoisotopic (exact) mass is 374 g/mol. The second-order valence-corrected chi connectivity index (χ2v) is 11.5. The summed E-state index contributed by atoms with van der Waals surface area (Å²) in [4.78, 5) is 11.3. The van der Waals surface area contributed by atoms with Gasteiger partial charge in [0.1, 0.15) is 6.10 Å². The van der Waals surface area contributed by atoms with Crippen molar-refractivity contribution in [1.82, 2.24) is 0 Å². The van der Waals surface area contributed by atoms with Crippen molar-refractivity contribution in [1.29, 1.82) is 0 Å². The average Bonchev–Trinajstić information content (AvgIpc) is 2.55. The summed E-state index contributed by atoms with van der Waals surface area (Å²) in [6.45, 7) is 14.4. The van der Waals surface area contributed by atoms with Gasteiger partial charge in [-0.05, 0) is 31.0 Å². The van der Waals surface area contributed by atoms with Crippen LogP contribution in [0.15, 0.2) is 23.8 Å². The number of carbonyl (C=O) groups is 1. The van der Waals surface area contributed by atoms with Gasteiger partial charge in [-0.2, -0.15) is 0 Å². The van der Waals surface area contributed by atoms with Gasteiger partial charge in [0.2, 0.25) is 0 Å². The molecule has 0 aromatic rings. The van der Waals surface area contributed by atoms with Gasteiger partial charge in [-0.15, -0.1) is 0 Å². The summed E-state index contributed by atoms with van der Waals surface area (Å²) in [5, 5.41) is 0. The highest BCUT2D eigenvalue weighted by Gasteiger charge is 2.37. The lowest BCUT2D eigenvalue weighted by Gasteiger charge is -2.39. The topological polar surface area (TPSA) is 35.5 Å². The van der Waals surface area contributed by atoms with Gasteiger partial charge < -0.3 is 9.16 Å². The minimum Gasteiger partial charge on any atom is -0.462 e. The van der Waals surface area contributed by atoms with Crippen LogP contribution in [0.1, 0.15) is 48.5 Å². The summed E-state index contributed by atoms with van der Waals surface area (Å²) in [5.74, 6) is 0.0822. The Bertz CT molecular complexity index is 411. The molecule has 0 aliphatic carbocycles. The number of ether oxygens (including phenoxy) is 1. The summed E-state index contributed by atoms with van der Waals surface area (Å²) >= 11 is 5.59. The van der Waals surface area contributed by atoms with E-state index in [1.54, 1.807) is 6.08 Å². The van der Waals surface area contributed by atoms with Gasteiger partial charge >= 0.3 is 5.97 Å². The normalized spacial score (nSPS) is 17.8. The zero-order valence-corrected chi connectivity index (χ0v) is 18.1. The number of hydrogen-bond donors (Lipinski definition) is 0. The van der Waals surface area contributed by atoms with Crippen molar-refractivity contribution in [2.24, 2.45) is 11.8 Å². The van der Waals surface area contributed by atoms with Crippen LogP contribution >= 0.6 is 11.6 Å². The van der Waals surface area contributed by atoms with Crippen LogP contribution in [0.2, 0.25) is 18.1 Å². The molecule has 3 nitrogen and oxygen atoms in total. The predicted molar refractivity (Wildman–Crippen MR) is 106 cm³/mol. The summed E-state index contributed by atoms with van der Waals surface area (Å²) < 4.78 is 12.2. The van der Waals surface area contributed by atoms with Crippen LogP contribution in [0.5, 0.6) is 0 Å². The Morgan fingerprint density at radius 3 is 2.04 bits per heavy atom. The maximum atomic E-state index is 11.3. The third-order valence-electron chi connectivity index (χ3n) is 5.05. The largest absolute Gasteiger partial charge is 0.462 e. The maximum absolute atomic E-state index is 11.3. The molecule has 0 amide bonds. The molecule has 4 atom stereocenters. The second kappa shape index (κ2) is 11.9. The molecule has 5 heteroatoms. The molecule has 140 valence electrons. The van der Waals surface area contributed by atoms with Crippen LogP contribution in [0.4, 0.5) is 0 Å². The van der Waals surface area contributed by atoms with Gasteiger partial charge in [-0.3, -0.25) is 4.79 Å². The lowest BCUT2D eigenvalue weighted by Crippen LogP contribution is -2.46. The van der Waals surface area contributed by atoms with Crippen molar-refractivity contribution in [3.8, 4) is 0 Å². The molecule has 0 N–H and O–H groups in total. The molecule has 0 bridgehead atoms. The van der Waals surface area contributed by atoms with Crippen molar-refractivity contribution in [3.05, 3.63) is 23.8 Å². The smallest absolute Gasteiger partial charge is 0.302 e. The Hall–Kier alpha value is -0.583. The van der Waals surface area contributed by atoms with Crippen LogP contribution in [0.25, 0.3) is 0 Å². The van der Waals surface area contributed by atoms with E-state index in [0.29, 0.717) is 0 Å². The van der Waals surface area contributed by atoms with Crippen LogP contribution in [-0.4, -0.2) is 26.5 Å². The van der Waals surface area contributed by atoms with Crippen molar-refractivity contribution >= 4 is 25.9 Å². The van der Waals surface area contributed by atoms with E-state index in [-0.39, 0.29) is 30.0 Å². The molecular weight excluding hydrogens is 340 g/mol. The maximum Gasteiger partial charge on any atom is 0.302 e. The number of rotatable bonds is 11. The van der Waals surface area contributed by atoms with Crippen molar-refractivity contribution in [3.63, 3.8) is 0 Å². The van der Waals surface area contributed by atoms with Crippen LogP contribution in [-0.2, 0) is 14.0 Å². The molecule has 0 radical (unpaired) electrons. The highest BCUT2D eigenvalue weighted by Crippen LogP contribution is 2.31. The van der Waals surface area contributed by atoms with Gasteiger partial charge in [-0.1, -0.05) is 64.4 Å². The van der Waals surface area contributed by atoms with Crippen LogP contribution in [0, 0.1) is 11.8 Å². The molecule has 24 heavy (non-hydrogen) atoms. The molecule has 0 saturated carbocycles. The molecule has 0 rings (SSSR count). The third-order valence-corrected chi connectivity index (χ3v) is 9.83. The summed E-state index contributed by atoms with van der Waals surface area (Å²) in [6.07, 6.45) is 5.71. The zero-order chi connectivity index (χ0) is 18.8. The summed E-state index contributed by atoms with van der Waals surface area (Å²) in [6, 6.07) is 3.30. The highest BCUT2D eigenvalue weighted by molar-refractivity contribution is 6.73. The van der Waals surface area contributed by atoms with E-state index in [0.717, 1.165) is 18.1 Å². The SMILES string of the molecule is CC[Si](CC)(CC)O[C@@H]([C@@H](C)[C@H](C)OC(C)=O)[C@@H](C)/C=C/C=C/Cl. The van der Waals surface area contributed by atoms with Gasteiger partial charge in [-0.25, -0.2) is 0 Å². The number of halogens is 1. The molecule has 0 saturated heterocycles. The summed E-state index contributed by atoms with van der Waals surface area (Å²) in [5.41, 5.74) is 1.49. The Labute approximate surface area is 154 Å². The first-order valence-electron chi connectivity index (χ1n) is 9.05. The minimum absolute atomic E-state index is 0.0193. The number of esters is 1. The van der Waals surface area contributed by atoms with E-state index in [9.17, 15) is 4.79 Å². The van der Waals surface area contributed by atoms with Gasteiger partial charge in [0.05, 0.1) is 6.10 Å². The van der Waals surface area contributed by atoms with Gasteiger partial charge in [0.15, 0.2) is 8.32 Å². The minimum atomic E-state index is -1.76. The fourth-order valence-electron chi connectivity index (χ4n) is 3.01. The Morgan fingerprint density at radius 1 is 1.08 bits per heavy atom. The lowest BCUT2D eigenvalue weighted by molar-refractivity contribution is -0.149. The van der Waals surface area contributed by atoms with E-state index < -0.39 is 8.32 Å². The van der Waals surface area contributed by atoms with E-state index in [1.807, 2.05) is 13.0 Å². The predicted octanol–water partition coefficient (Wildman–Crippen LogP) is 5.91. The molecule has 0 spiro atoms. The third kappa shape index (κ3) is 7.54. The Kier molecular flexibility index (Phi) is 11.6. The number of allylic oxidation sites excluding steroid dienone is 2. The van der Waals surface area contributed by atoms with Crippen molar-refractivity contribution in [2.75, 3.05) is 0 Å². The number of hydrogen-bond acceptors (Lipinski definition) is 3. The Morgan fingerprint density at radius 2 is 1.62 bits per heavy atom. The lowest BCUT2D eigenvalue weighted by atomic mass is 9.89. The van der Waals surface area contributed by atoms with Crippen LogP contribution < -0.4 is 0 Å². The number of carbonyl (C=O) groups excluding carboxylic acids is 1. The average molecular weight is 375 g/mol. The van der Waals surface area contributed by atoms with E-state index in [4.69, 9.17) is 20.8 Å². The standard InChI is InChI=1S/C19H35ClO3Si/c1-8-24(9-2,10-3)23-19(15(4)13-11-12-14-20)16(5)17(6)22-18(7)21/h11-17,19H,8-10H2,1-7H3/b13-11+,14-12+/t15-,16-,17-,19+/m0/s1. The van der Waals surface area contributed by atoms with E-state index >= 15 is 0 Å². The van der Waals surface area contributed by atoms with Crippen LogP contribution in [0.3, 0.4) is 0 Å². The van der Waals surface area contributed by atoms with E-state index in [2.05, 4.69) is 40.7 Å².